The van der Waals surface area contributed by atoms with Gasteiger partial charge in [0.25, 0.3) is 0 Å². The van der Waals surface area contributed by atoms with Crippen molar-refractivity contribution in [2.24, 2.45) is 0 Å². The summed E-state index contributed by atoms with van der Waals surface area (Å²) in [5, 5.41) is 0. The molecule has 2 aromatic rings. The second-order valence-corrected chi connectivity index (χ2v) is 4.54. The highest BCUT2D eigenvalue weighted by molar-refractivity contribution is 9.10. The number of ether oxygens (including phenoxy) is 1. The summed E-state index contributed by atoms with van der Waals surface area (Å²) in [7, 11) is 1.55. The number of halogens is 2. The van der Waals surface area contributed by atoms with Crippen molar-refractivity contribution in [2.45, 2.75) is 0 Å². The third-order valence-corrected chi connectivity index (χ3v) is 3.12. The third-order valence-electron chi connectivity index (χ3n) is 2.50. The van der Waals surface area contributed by atoms with E-state index < -0.39 is 5.82 Å². The van der Waals surface area contributed by atoms with Crippen LogP contribution in [0, 0.1) is 5.82 Å². The minimum absolute atomic E-state index is 0.224. The molecule has 0 heterocycles. The lowest BCUT2D eigenvalue weighted by atomic mass is 10.0. The maximum absolute atomic E-state index is 13.1. The van der Waals surface area contributed by atoms with Gasteiger partial charge < -0.3 is 4.74 Å². The summed E-state index contributed by atoms with van der Waals surface area (Å²) in [6.45, 7) is 0. The van der Waals surface area contributed by atoms with Gasteiger partial charge in [-0.05, 0) is 46.3 Å². The standard InChI is InChI=1S/C14H10BrFO2/c1-18-13-6-5-10(8-12(13)15)14(17)9-3-2-4-11(16)7-9/h2-8H,1H3. The number of ketones is 1. The fourth-order valence-electron chi connectivity index (χ4n) is 1.60. The van der Waals surface area contributed by atoms with E-state index in [9.17, 15) is 9.18 Å². The van der Waals surface area contributed by atoms with Gasteiger partial charge in [-0.25, -0.2) is 4.39 Å². The SMILES string of the molecule is COc1ccc(C(=O)c2cccc(F)c2)cc1Br. The Hall–Kier alpha value is -1.68. The largest absolute Gasteiger partial charge is 0.496 e. The van der Waals surface area contributed by atoms with Crippen LogP contribution in [0.1, 0.15) is 15.9 Å². The Labute approximate surface area is 113 Å². The van der Waals surface area contributed by atoms with E-state index in [0.29, 0.717) is 21.3 Å². The zero-order chi connectivity index (χ0) is 13.1. The molecule has 0 atom stereocenters. The van der Waals surface area contributed by atoms with Crippen molar-refractivity contribution in [3.8, 4) is 5.75 Å². The van der Waals surface area contributed by atoms with Crippen molar-refractivity contribution in [1.29, 1.82) is 0 Å². The Bertz CT molecular complexity index is 596. The number of hydrogen-bond acceptors (Lipinski definition) is 2. The molecule has 0 amide bonds. The van der Waals surface area contributed by atoms with E-state index in [1.807, 2.05) is 0 Å². The zero-order valence-corrected chi connectivity index (χ0v) is 11.2. The molecule has 0 fully saturated rings. The normalized spacial score (nSPS) is 10.2. The molecular formula is C14H10BrFO2. The van der Waals surface area contributed by atoms with Gasteiger partial charge in [0.2, 0.25) is 0 Å². The summed E-state index contributed by atoms with van der Waals surface area (Å²) in [4.78, 5) is 12.1. The van der Waals surface area contributed by atoms with Crippen molar-refractivity contribution in [2.75, 3.05) is 7.11 Å². The highest BCUT2D eigenvalue weighted by Crippen LogP contribution is 2.26. The van der Waals surface area contributed by atoms with Gasteiger partial charge in [-0.1, -0.05) is 12.1 Å². The van der Waals surface area contributed by atoms with Crippen LogP contribution in [0.4, 0.5) is 4.39 Å². The minimum atomic E-state index is -0.423. The Morgan fingerprint density at radius 2 is 1.89 bits per heavy atom. The van der Waals surface area contributed by atoms with E-state index in [1.54, 1.807) is 31.4 Å². The molecule has 0 saturated carbocycles. The van der Waals surface area contributed by atoms with E-state index in [0.717, 1.165) is 0 Å². The van der Waals surface area contributed by atoms with Crippen molar-refractivity contribution in [1.82, 2.24) is 0 Å². The molecule has 0 radical (unpaired) electrons. The van der Waals surface area contributed by atoms with E-state index in [2.05, 4.69) is 15.9 Å². The first-order valence-corrected chi connectivity index (χ1v) is 6.05. The smallest absolute Gasteiger partial charge is 0.193 e. The van der Waals surface area contributed by atoms with Gasteiger partial charge in [0.1, 0.15) is 11.6 Å². The summed E-state index contributed by atoms with van der Waals surface area (Å²) < 4.78 is 18.8. The van der Waals surface area contributed by atoms with Gasteiger partial charge >= 0.3 is 0 Å². The molecule has 18 heavy (non-hydrogen) atoms. The second kappa shape index (κ2) is 5.31. The number of hydrogen-bond donors (Lipinski definition) is 0. The summed E-state index contributed by atoms with van der Waals surface area (Å²) in [5.74, 6) is -0.00271. The van der Waals surface area contributed by atoms with Crippen LogP contribution >= 0.6 is 15.9 Å². The number of carbonyl (C=O) groups excluding carboxylic acids is 1. The lowest BCUT2D eigenvalue weighted by molar-refractivity contribution is 0.103. The lowest BCUT2D eigenvalue weighted by Crippen LogP contribution is -2.02. The molecule has 0 N–H and O–H groups in total. The average Bonchev–Trinajstić information content (AvgIpc) is 2.37. The van der Waals surface area contributed by atoms with Gasteiger partial charge in [0.15, 0.2) is 5.78 Å². The van der Waals surface area contributed by atoms with Crippen LogP contribution in [0.25, 0.3) is 0 Å². The molecular weight excluding hydrogens is 299 g/mol. The first-order valence-electron chi connectivity index (χ1n) is 5.25. The topological polar surface area (TPSA) is 26.3 Å². The molecule has 0 bridgehead atoms. The Kier molecular flexibility index (Phi) is 3.77. The van der Waals surface area contributed by atoms with Gasteiger partial charge in [-0.3, -0.25) is 4.79 Å². The summed E-state index contributed by atoms with van der Waals surface area (Å²) in [6.07, 6.45) is 0. The fraction of sp³-hybridized carbons (Fsp3) is 0.0714. The van der Waals surface area contributed by atoms with Crippen molar-refractivity contribution in [3.63, 3.8) is 0 Å². The van der Waals surface area contributed by atoms with Gasteiger partial charge in [-0.15, -0.1) is 0 Å². The Morgan fingerprint density at radius 1 is 1.17 bits per heavy atom. The van der Waals surface area contributed by atoms with Crippen molar-refractivity contribution in [3.05, 3.63) is 63.9 Å². The predicted octanol–water partition coefficient (Wildman–Crippen LogP) is 3.83. The Morgan fingerprint density at radius 3 is 2.50 bits per heavy atom. The molecule has 0 saturated heterocycles. The maximum Gasteiger partial charge on any atom is 0.193 e. The van der Waals surface area contributed by atoms with Crippen LogP contribution in [0.2, 0.25) is 0 Å². The molecule has 0 aliphatic rings. The predicted molar refractivity (Wildman–Crippen MR) is 70.5 cm³/mol. The summed E-state index contributed by atoms with van der Waals surface area (Å²) >= 11 is 3.31. The molecule has 0 aliphatic heterocycles. The minimum Gasteiger partial charge on any atom is -0.496 e. The van der Waals surface area contributed by atoms with Crippen LogP contribution in [0.5, 0.6) is 5.75 Å². The van der Waals surface area contributed by atoms with Gasteiger partial charge in [-0.2, -0.15) is 0 Å². The molecule has 0 unspecified atom stereocenters. The van der Waals surface area contributed by atoms with Gasteiger partial charge in [0.05, 0.1) is 11.6 Å². The van der Waals surface area contributed by atoms with E-state index in [-0.39, 0.29) is 5.78 Å². The van der Waals surface area contributed by atoms with Gasteiger partial charge in [0, 0.05) is 11.1 Å². The summed E-state index contributed by atoms with van der Waals surface area (Å²) in [5.41, 5.74) is 0.806. The highest BCUT2D eigenvalue weighted by Gasteiger charge is 2.11. The zero-order valence-electron chi connectivity index (χ0n) is 9.61. The first-order chi connectivity index (χ1) is 8.61. The molecule has 2 aromatic carbocycles. The summed E-state index contributed by atoms with van der Waals surface area (Å²) in [6, 6.07) is 10.6. The van der Waals surface area contributed by atoms with Crippen LogP contribution < -0.4 is 4.74 Å². The quantitative estimate of drug-likeness (QED) is 0.806. The fourth-order valence-corrected chi connectivity index (χ4v) is 2.14. The second-order valence-electron chi connectivity index (χ2n) is 3.69. The van der Waals surface area contributed by atoms with Crippen LogP contribution in [0.3, 0.4) is 0 Å². The van der Waals surface area contributed by atoms with E-state index in [1.165, 1.54) is 18.2 Å². The van der Waals surface area contributed by atoms with E-state index >= 15 is 0 Å². The van der Waals surface area contributed by atoms with Crippen molar-refractivity contribution >= 4 is 21.7 Å². The third kappa shape index (κ3) is 2.59. The monoisotopic (exact) mass is 308 g/mol. The maximum atomic E-state index is 13.1. The van der Waals surface area contributed by atoms with Crippen LogP contribution in [-0.2, 0) is 0 Å². The first kappa shape index (κ1) is 12.8. The molecule has 92 valence electrons. The molecule has 4 heteroatoms. The number of carbonyl (C=O) groups is 1. The van der Waals surface area contributed by atoms with Crippen molar-refractivity contribution < 1.29 is 13.9 Å². The van der Waals surface area contributed by atoms with Crippen LogP contribution in [0.15, 0.2) is 46.9 Å². The van der Waals surface area contributed by atoms with Crippen LogP contribution in [-0.4, -0.2) is 12.9 Å². The number of benzene rings is 2. The average molecular weight is 309 g/mol. The Balaban J connectivity index is 2.37. The highest BCUT2D eigenvalue weighted by atomic mass is 79.9. The lowest BCUT2D eigenvalue weighted by Gasteiger charge is -2.06. The molecule has 2 nitrogen and oxygen atoms in total. The van der Waals surface area contributed by atoms with E-state index in [4.69, 9.17) is 4.74 Å². The molecule has 2 rings (SSSR count). The molecule has 0 aromatic heterocycles. The number of rotatable bonds is 3. The molecule has 0 aliphatic carbocycles. The number of methoxy groups -OCH3 is 1. The molecule has 0 spiro atoms.